The van der Waals surface area contributed by atoms with Crippen molar-refractivity contribution < 1.29 is 18.3 Å². The van der Waals surface area contributed by atoms with Crippen LogP contribution in [0.25, 0.3) is 0 Å². The van der Waals surface area contributed by atoms with Gasteiger partial charge in [-0.2, -0.15) is 8.78 Å². The van der Waals surface area contributed by atoms with Gasteiger partial charge in [-0.05, 0) is 29.7 Å². The average Bonchev–Trinajstić information content (AvgIpc) is 3.16. The van der Waals surface area contributed by atoms with E-state index >= 15 is 0 Å². The molecule has 0 radical (unpaired) electrons. The van der Waals surface area contributed by atoms with Gasteiger partial charge in [0.1, 0.15) is 5.82 Å². The molecule has 2 heterocycles. The maximum Gasteiger partial charge on any atom is 0.319 e. The molecule has 0 amide bonds. The SMILES string of the molecule is CN=C(NCc1nccn1C(F)F)N1CCc2cc(OC)c(OC)cc2C1.I. The Morgan fingerprint density at radius 1 is 1.25 bits per heavy atom. The van der Waals surface area contributed by atoms with Gasteiger partial charge in [-0.25, -0.2) is 4.98 Å². The molecule has 0 aliphatic carbocycles. The molecule has 0 unspecified atom stereocenters. The number of ether oxygens (including phenoxy) is 2. The number of fused-ring (bicyclic) bond motifs is 1. The van der Waals surface area contributed by atoms with E-state index in [1.807, 2.05) is 12.1 Å². The summed E-state index contributed by atoms with van der Waals surface area (Å²) in [5, 5.41) is 3.12. The second-order valence-electron chi connectivity index (χ2n) is 6.08. The van der Waals surface area contributed by atoms with E-state index in [1.165, 1.54) is 18.0 Å². The maximum atomic E-state index is 13.0. The summed E-state index contributed by atoms with van der Waals surface area (Å²) in [5.41, 5.74) is 2.32. The van der Waals surface area contributed by atoms with Crippen LogP contribution in [0.2, 0.25) is 0 Å². The molecule has 2 aromatic rings. The Morgan fingerprint density at radius 3 is 2.54 bits per heavy atom. The fraction of sp³-hybridized carbons (Fsp3) is 0.444. The van der Waals surface area contributed by atoms with Gasteiger partial charge in [0, 0.05) is 32.5 Å². The van der Waals surface area contributed by atoms with Crippen molar-refractivity contribution in [1.82, 2.24) is 19.8 Å². The van der Waals surface area contributed by atoms with Crippen LogP contribution < -0.4 is 14.8 Å². The number of halogens is 3. The summed E-state index contributed by atoms with van der Waals surface area (Å²) in [4.78, 5) is 10.3. The minimum Gasteiger partial charge on any atom is -0.493 e. The van der Waals surface area contributed by atoms with E-state index < -0.39 is 6.55 Å². The molecule has 0 spiro atoms. The fourth-order valence-corrected chi connectivity index (χ4v) is 3.21. The second kappa shape index (κ2) is 9.89. The Balaban J connectivity index is 0.00000280. The molecule has 1 N–H and O–H groups in total. The highest BCUT2D eigenvalue weighted by atomic mass is 127. The van der Waals surface area contributed by atoms with Crippen LogP contribution >= 0.6 is 24.0 Å². The summed E-state index contributed by atoms with van der Waals surface area (Å²) in [5.74, 6) is 2.29. The van der Waals surface area contributed by atoms with Gasteiger partial charge >= 0.3 is 6.55 Å². The molecule has 1 aromatic carbocycles. The van der Waals surface area contributed by atoms with Crippen LogP contribution in [-0.4, -0.2) is 48.2 Å². The first-order chi connectivity index (χ1) is 13.1. The number of imidazole rings is 1. The largest absolute Gasteiger partial charge is 0.493 e. The van der Waals surface area contributed by atoms with Gasteiger partial charge in [0.15, 0.2) is 17.5 Å². The van der Waals surface area contributed by atoms with E-state index in [1.54, 1.807) is 21.3 Å². The van der Waals surface area contributed by atoms with Crippen LogP contribution in [-0.2, 0) is 19.5 Å². The third-order valence-corrected chi connectivity index (χ3v) is 4.59. The molecule has 0 atom stereocenters. The van der Waals surface area contributed by atoms with Crippen molar-refractivity contribution in [1.29, 1.82) is 0 Å². The minimum atomic E-state index is -2.62. The van der Waals surface area contributed by atoms with Crippen molar-refractivity contribution in [2.24, 2.45) is 4.99 Å². The Kier molecular flexibility index (Phi) is 7.84. The van der Waals surface area contributed by atoms with Crippen LogP contribution in [0.15, 0.2) is 29.5 Å². The lowest BCUT2D eigenvalue weighted by atomic mass is 9.99. The monoisotopic (exact) mass is 507 g/mol. The Bertz CT molecular complexity index is 828. The molecular formula is C18H24F2IN5O2. The number of aliphatic imine (C=N–C) groups is 1. The van der Waals surface area contributed by atoms with Crippen LogP contribution in [0.3, 0.4) is 0 Å². The minimum absolute atomic E-state index is 0. The number of hydrogen-bond donors (Lipinski definition) is 1. The number of alkyl halides is 2. The highest BCUT2D eigenvalue weighted by molar-refractivity contribution is 14.0. The van der Waals surface area contributed by atoms with E-state index in [-0.39, 0.29) is 36.3 Å². The number of benzene rings is 1. The summed E-state index contributed by atoms with van der Waals surface area (Å²) < 4.78 is 37.5. The van der Waals surface area contributed by atoms with E-state index in [9.17, 15) is 8.78 Å². The molecule has 0 bridgehead atoms. The van der Waals surface area contributed by atoms with E-state index in [0.717, 1.165) is 23.1 Å². The lowest BCUT2D eigenvalue weighted by Gasteiger charge is -2.32. The second-order valence-corrected chi connectivity index (χ2v) is 6.08. The zero-order chi connectivity index (χ0) is 19.4. The molecule has 10 heteroatoms. The third-order valence-electron chi connectivity index (χ3n) is 4.59. The van der Waals surface area contributed by atoms with Gasteiger partial charge in [-0.3, -0.25) is 9.56 Å². The predicted molar refractivity (Wildman–Crippen MR) is 113 cm³/mol. The first kappa shape index (κ1) is 22.2. The van der Waals surface area contributed by atoms with E-state index in [2.05, 4.69) is 20.2 Å². The fourth-order valence-electron chi connectivity index (χ4n) is 3.21. The number of nitrogens with zero attached hydrogens (tertiary/aromatic N) is 4. The van der Waals surface area contributed by atoms with E-state index in [0.29, 0.717) is 24.0 Å². The number of methoxy groups -OCH3 is 2. The summed E-state index contributed by atoms with van der Waals surface area (Å²) >= 11 is 0. The summed E-state index contributed by atoms with van der Waals surface area (Å²) in [6.45, 7) is -1.06. The predicted octanol–water partition coefficient (Wildman–Crippen LogP) is 3.05. The quantitative estimate of drug-likeness (QED) is 0.383. The average molecular weight is 507 g/mol. The van der Waals surface area contributed by atoms with Crippen molar-refractivity contribution in [2.45, 2.75) is 26.1 Å². The zero-order valence-corrected chi connectivity index (χ0v) is 18.3. The highest BCUT2D eigenvalue weighted by Gasteiger charge is 2.22. The molecule has 0 fully saturated rings. The van der Waals surface area contributed by atoms with Crippen molar-refractivity contribution in [3.05, 3.63) is 41.5 Å². The first-order valence-corrected chi connectivity index (χ1v) is 8.56. The molecule has 1 aliphatic heterocycles. The first-order valence-electron chi connectivity index (χ1n) is 8.56. The highest BCUT2D eigenvalue weighted by Crippen LogP contribution is 2.33. The normalized spacial score (nSPS) is 13.8. The van der Waals surface area contributed by atoms with Gasteiger partial charge in [-0.1, -0.05) is 0 Å². The Hall–Kier alpha value is -2.11. The standard InChI is InChI=1S/C18H23F2N5O2.HI/c1-21-18(23-10-16-22-5-7-25(16)17(19)20)24-6-4-12-8-14(26-2)15(27-3)9-13(12)11-24;/h5,7-9,17H,4,6,10-11H2,1-3H3,(H,21,23);1H. The number of hydrogen-bond acceptors (Lipinski definition) is 4. The lowest BCUT2D eigenvalue weighted by Crippen LogP contribution is -2.44. The van der Waals surface area contributed by atoms with Crippen molar-refractivity contribution in [2.75, 3.05) is 27.8 Å². The number of aromatic nitrogens is 2. The summed E-state index contributed by atoms with van der Waals surface area (Å²) in [6, 6.07) is 3.97. The molecule has 1 aromatic heterocycles. The lowest BCUT2D eigenvalue weighted by molar-refractivity contribution is 0.0668. The molecule has 7 nitrogen and oxygen atoms in total. The topological polar surface area (TPSA) is 63.9 Å². The van der Waals surface area contributed by atoms with Crippen LogP contribution in [0, 0.1) is 0 Å². The number of rotatable bonds is 5. The summed E-state index contributed by atoms with van der Waals surface area (Å²) in [6.07, 6.45) is 3.45. The van der Waals surface area contributed by atoms with Crippen LogP contribution in [0.4, 0.5) is 8.78 Å². The van der Waals surface area contributed by atoms with Crippen LogP contribution in [0.5, 0.6) is 11.5 Å². The van der Waals surface area contributed by atoms with Gasteiger partial charge in [0.05, 0.1) is 20.8 Å². The van der Waals surface area contributed by atoms with Crippen molar-refractivity contribution in [3.63, 3.8) is 0 Å². The van der Waals surface area contributed by atoms with Crippen LogP contribution in [0.1, 0.15) is 23.5 Å². The summed E-state index contributed by atoms with van der Waals surface area (Å²) in [7, 11) is 4.90. The zero-order valence-electron chi connectivity index (χ0n) is 16.0. The number of nitrogens with one attached hydrogen (secondary N) is 1. The van der Waals surface area contributed by atoms with E-state index in [4.69, 9.17) is 9.47 Å². The van der Waals surface area contributed by atoms with Gasteiger partial charge < -0.3 is 19.7 Å². The molecule has 28 heavy (non-hydrogen) atoms. The number of guanidine groups is 1. The maximum absolute atomic E-state index is 13.0. The molecule has 0 saturated carbocycles. The van der Waals surface area contributed by atoms with Gasteiger partial charge in [0.2, 0.25) is 0 Å². The Morgan fingerprint density at radius 2 is 1.93 bits per heavy atom. The molecular weight excluding hydrogens is 483 g/mol. The molecule has 0 saturated heterocycles. The third kappa shape index (κ3) is 4.65. The van der Waals surface area contributed by atoms with Gasteiger partial charge in [-0.15, -0.1) is 24.0 Å². The van der Waals surface area contributed by atoms with Crippen molar-refractivity contribution >= 4 is 29.9 Å². The molecule has 1 aliphatic rings. The molecule has 3 rings (SSSR count). The van der Waals surface area contributed by atoms with Crippen molar-refractivity contribution in [3.8, 4) is 11.5 Å². The Labute approximate surface area is 179 Å². The van der Waals surface area contributed by atoms with Gasteiger partial charge in [0.25, 0.3) is 0 Å². The smallest absolute Gasteiger partial charge is 0.319 e. The molecule has 154 valence electrons.